The number of hydrogen-bond acceptors (Lipinski definition) is 2. The quantitative estimate of drug-likeness (QED) is 0.392. The van der Waals surface area contributed by atoms with Crippen LogP contribution >= 0.6 is 0 Å². The van der Waals surface area contributed by atoms with Crippen LogP contribution in [0.15, 0.2) is 24.3 Å². The van der Waals surface area contributed by atoms with E-state index in [2.05, 4.69) is 6.92 Å². The van der Waals surface area contributed by atoms with Gasteiger partial charge in [-0.05, 0) is 27.2 Å². The van der Waals surface area contributed by atoms with E-state index < -0.39 is 5.60 Å². The maximum absolute atomic E-state index is 11.1. The molecule has 0 heterocycles. The second-order valence-electron chi connectivity index (χ2n) is 4.11. The maximum Gasteiger partial charge on any atom is 0.331 e. The van der Waals surface area contributed by atoms with Crippen molar-refractivity contribution in [3.63, 3.8) is 0 Å². The molecule has 0 atom stereocenters. The first kappa shape index (κ1) is 12.9. The third-order valence-corrected chi connectivity index (χ3v) is 1.34. The fourth-order valence-electron chi connectivity index (χ4n) is 0.811. The van der Waals surface area contributed by atoms with Gasteiger partial charge in [-0.2, -0.15) is 0 Å². The Kier molecular flexibility index (Phi) is 5.93. The molecule has 0 aromatic heterocycles. The first-order chi connectivity index (χ1) is 6.45. The molecule has 0 aromatic carbocycles. The molecule has 0 aliphatic rings. The lowest BCUT2D eigenvalue weighted by Gasteiger charge is -2.17. The van der Waals surface area contributed by atoms with Crippen molar-refractivity contribution in [2.45, 2.75) is 46.1 Å². The average molecular weight is 196 g/mol. The van der Waals surface area contributed by atoms with E-state index in [1.165, 1.54) is 6.08 Å². The average Bonchev–Trinajstić information content (AvgIpc) is 2.00. The number of hydrogen-bond donors (Lipinski definition) is 0. The molecule has 14 heavy (non-hydrogen) atoms. The molecule has 2 nitrogen and oxygen atoms in total. The molecule has 0 saturated carbocycles. The molecule has 0 amide bonds. The van der Waals surface area contributed by atoms with Gasteiger partial charge in [-0.1, -0.05) is 31.6 Å². The van der Waals surface area contributed by atoms with E-state index in [1.807, 2.05) is 32.9 Å². The predicted octanol–water partition coefficient (Wildman–Crippen LogP) is 3.24. The summed E-state index contributed by atoms with van der Waals surface area (Å²) >= 11 is 0. The van der Waals surface area contributed by atoms with E-state index >= 15 is 0 Å². The van der Waals surface area contributed by atoms with Gasteiger partial charge in [-0.15, -0.1) is 0 Å². The van der Waals surface area contributed by atoms with Crippen LogP contribution in [0.25, 0.3) is 0 Å². The molecule has 2 heteroatoms. The molecule has 0 bridgehead atoms. The van der Waals surface area contributed by atoms with Gasteiger partial charge in [-0.25, -0.2) is 4.79 Å². The van der Waals surface area contributed by atoms with Crippen molar-refractivity contribution in [3.8, 4) is 0 Å². The second-order valence-corrected chi connectivity index (χ2v) is 4.11. The third-order valence-electron chi connectivity index (χ3n) is 1.34. The predicted molar refractivity (Wildman–Crippen MR) is 59.0 cm³/mol. The van der Waals surface area contributed by atoms with Gasteiger partial charge in [0.1, 0.15) is 5.60 Å². The summed E-state index contributed by atoms with van der Waals surface area (Å²) in [5.74, 6) is -0.293. The summed E-state index contributed by atoms with van der Waals surface area (Å²) in [6.45, 7) is 7.67. The van der Waals surface area contributed by atoms with Gasteiger partial charge in [0.25, 0.3) is 0 Å². The van der Waals surface area contributed by atoms with Crippen LogP contribution in [0.2, 0.25) is 0 Å². The van der Waals surface area contributed by atoms with Crippen LogP contribution in [-0.2, 0) is 9.53 Å². The second kappa shape index (κ2) is 6.41. The Morgan fingerprint density at radius 2 is 1.93 bits per heavy atom. The van der Waals surface area contributed by atoms with Crippen LogP contribution in [0.5, 0.6) is 0 Å². The number of esters is 1. The summed E-state index contributed by atoms with van der Waals surface area (Å²) in [4.78, 5) is 11.1. The van der Waals surface area contributed by atoms with E-state index in [4.69, 9.17) is 4.74 Å². The zero-order valence-electron chi connectivity index (χ0n) is 9.54. The van der Waals surface area contributed by atoms with Crippen molar-refractivity contribution in [1.29, 1.82) is 0 Å². The Morgan fingerprint density at radius 3 is 2.43 bits per heavy atom. The minimum Gasteiger partial charge on any atom is -0.457 e. The highest BCUT2D eigenvalue weighted by atomic mass is 16.6. The topological polar surface area (TPSA) is 26.3 Å². The lowest BCUT2D eigenvalue weighted by Crippen LogP contribution is -2.22. The van der Waals surface area contributed by atoms with Crippen LogP contribution in [-0.4, -0.2) is 11.6 Å². The van der Waals surface area contributed by atoms with Gasteiger partial charge in [-0.3, -0.25) is 0 Å². The standard InChI is InChI=1S/C12H20O2/c1-5-6-7-8-9-10-11(13)14-12(2,3)4/h7-10H,5-6H2,1-4H3/b8-7+,10-9-. The zero-order valence-corrected chi connectivity index (χ0v) is 9.54. The van der Waals surface area contributed by atoms with Gasteiger partial charge >= 0.3 is 5.97 Å². The van der Waals surface area contributed by atoms with E-state index in [1.54, 1.807) is 6.08 Å². The Labute approximate surface area is 86.6 Å². The fourth-order valence-corrected chi connectivity index (χ4v) is 0.811. The summed E-state index contributed by atoms with van der Waals surface area (Å²) in [5, 5.41) is 0. The first-order valence-corrected chi connectivity index (χ1v) is 5.02. The molecule has 0 N–H and O–H groups in total. The van der Waals surface area contributed by atoms with Crippen LogP contribution in [0.1, 0.15) is 40.5 Å². The lowest BCUT2D eigenvalue weighted by molar-refractivity contribution is -0.148. The lowest BCUT2D eigenvalue weighted by atomic mass is 10.2. The van der Waals surface area contributed by atoms with Crippen LogP contribution in [0.4, 0.5) is 0 Å². The largest absolute Gasteiger partial charge is 0.457 e. The Bertz CT molecular complexity index is 219. The number of allylic oxidation sites excluding steroid dienone is 3. The van der Waals surface area contributed by atoms with E-state index in [-0.39, 0.29) is 5.97 Å². The minimum atomic E-state index is -0.408. The first-order valence-electron chi connectivity index (χ1n) is 5.02. The molecule has 0 saturated heterocycles. The van der Waals surface area contributed by atoms with Gasteiger partial charge in [0.05, 0.1) is 0 Å². The molecule has 0 aliphatic heterocycles. The monoisotopic (exact) mass is 196 g/mol. The molecule has 0 aliphatic carbocycles. The highest BCUT2D eigenvalue weighted by Crippen LogP contribution is 2.06. The fraction of sp³-hybridized carbons (Fsp3) is 0.583. The summed E-state index contributed by atoms with van der Waals surface area (Å²) in [6.07, 6.45) is 9.21. The number of unbranched alkanes of at least 4 members (excludes halogenated alkanes) is 1. The van der Waals surface area contributed by atoms with Crippen LogP contribution < -0.4 is 0 Å². The third kappa shape index (κ3) is 9.04. The summed E-state index contributed by atoms with van der Waals surface area (Å²) in [5.41, 5.74) is -0.408. The van der Waals surface area contributed by atoms with E-state index in [0.717, 1.165) is 12.8 Å². The molecule has 0 unspecified atom stereocenters. The van der Waals surface area contributed by atoms with Crippen LogP contribution in [0, 0.1) is 0 Å². The normalized spacial score (nSPS) is 12.6. The minimum absolute atomic E-state index is 0.293. The summed E-state index contributed by atoms with van der Waals surface area (Å²) in [7, 11) is 0. The Balaban J connectivity index is 3.83. The van der Waals surface area contributed by atoms with Crippen molar-refractivity contribution in [2.75, 3.05) is 0 Å². The van der Waals surface area contributed by atoms with Gasteiger partial charge in [0.2, 0.25) is 0 Å². The number of rotatable bonds is 4. The Morgan fingerprint density at radius 1 is 1.29 bits per heavy atom. The zero-order chi connectivity index (χ0) is 11.0. The molecule has 0 fully saturated rings. The van der Waals surface area contributed by atoms with Gasteiger partial charge in [0.15, 0.2) is 0 Å². The molecular weight excluding hydrogens is 176 g/mol. The molecule has 80 valence electrons. The molecular formula is C12H20O2. The van der Waals surface area contributed by atoms with Crippen LogP contribution in [0.3, 0.4) is 0 Å². The Hall–Kier alpha value is -1.05. The highest BCUT2D eigenvalue weighted by Gasteiger charge is 2.13. The summed E-state index contributed by atoms with van der Waals surface area (Å²) < 4.78 is 5.08. The van der Waals surface area contributed by atoms with E-state index in [0.29, 0.717) is 0 Å². The van der Waals surface area contributed by atoms with Crippen molar-refractivity contribution < 1.29 is 9.53 Å². The molecule has 0 spiro atoms. The van der Waals surface area contributed by atoms with E-state index in [9.17, 15) is 4.79 Å². The number of carbonyl (C=O) groups excluding carboxylic acids is 1. The maximum atomic E-state index is 11.1. The number of carbonyl (C=O) groups is 1. The smallest absolute Gasteiger partial charge is 0.331 e. The van der Waals surface area contributed by atoms with Gasteiger partial charge < -0.3 is 4.74 Å². The van der Waals surface area contributed by atoms with Crippen molar-refractivity contribution in [1.82, 2.24) is 0 Å². The van der Waals surface area contributed by atoms with Crippen molar-refractivity contribution >= 4 is 5.97 Å². The highest BCUT2D eigenvalue weighted by molar-refractivity contribution is 5.82. The molecule has 0 aromatic rings. The van der Waals surface area contributed by atoms with Crippen molar-refractivity contribution in [2.24, 2.45) is 0 Å². The summed E-state index contributed by atoms with van der Waals surface area (Å²) in [6, 6.07) is 0. The molecule has 0 radical (unpaired) electrons. The SMILES string of the molecule is CCC/C=C/C=C\C(=O)OC(C)(C)C. The molecule has 0 rings (SSSR count). The van der Waals surface area contributed by atoms with Gasteiger partial charge in [0, 0.05) is 6.08 Å². The number of ether oxygens (including phenoxy) is 1. The van der Waals surface area contributed by atoms with Crippen molar-refractivity contribution in [3.05, 3.63) is 24.3 Å².